The molecule has 3 nitrogen and oxygen atoms in total. The van der Waals surface area contributed by atoms with Crippen molar-refractivity contribution in [3.8, 4) is 0 Å². The molecule has 2 unspecified atom stereocenters. The third-order valence-corrected chi connectivity index (χ3v) is 3.69. The van der Waals surface area contributed by atoms with Gasteiger partial charge in [0.15, 0.2) is 0 Å². The van der Waals surface area contributed by atoms with Gasteiger partial charge in [0, 0.05) is 25.2 Å². The SMILES string of the molecule is CC(C)CN1CC(CCN)N(C)CCC1C. The highest BCUT2D eigenvalue weighted by Crippen LogP contribution is 2.17. The van der Waals surface area contributed by atoms with Crippen LogP contribution in [0.2, 0.25) is 0 Å². The lowest BCUT2D eigenvalue weighted by Crippen LogP contribution is -2.43. The second kappa shape index (κ2) is 6.58. The largest absolute Gasteiger partial charge is 0.330 e. The Morgan fingerprint density at radius 2 is 2.06 bits per heavy atom. The maximum Gasteiger partial charge on any atom is 0.0232 e. The van der Waals surface area contributed by atoms with E-state index in [4.69, 9.17) is 5.73 Å². The summed E-state index contributed by atoms with van der Waals surface area (Å²) in [4.78, 5) is 5.14. The van der Waals surface area contributed by atoms with Gasteiger partial charge in [0.25, 0.3) is 0 Å². The van der Waals surface area contributed by atoms with E-state index in [9.17, 15) is 0 Å². The van der Waals surface area contributed by atoms with Crippen LogP contribution in [0.1, 0.15) is 33.6 Å². The Bertz CT molecular complexity index is 194. The van der Waals surface area contributed by atoms with Crippen molar-refractivity contribution < 1.29 is 0 Å². The first-order valence-corrected chi connectivity index (χ1v) is 6.69. The first kappa shape index (κ1) is 13.9. The minimum absolute atomic E-state index is 0.647. The molecule has 0 bridgehead atoms. The summed E-state index contributed by atoms with van der Waals surface area (Å²) < 4.78 is 0. The lowest BCUT2D eigenvalue weighted by Gasteiger charge is -2.32. The molecule has 0 aromatic rings. The van der Waals surface area contributed by atoms with Crippen LogP contribution in [0.4, 0.5) is 0 Å². The number of likely N-dealkylation sites (N-methyl/N-ethyl adjacent to an activating group) is 1. The van der Waals surface area contributed by atoms with Gasteiger partial charge in [0.1, 0.15) is 0 Å². The normalized spacial score (nSPS) is 29.6. The maximum atomic E-state index is 5.71. The van der Waals surface area contributed by atoms with Crippen molar-refractivity contribution in [2.75, 3.05) is 33.2 Å². The molecule has 0 spiro atoms. The molecule has 96 valence electrons. The van der Waals surface area contributed by atoms with Gasteiger partial charge in [0.05, 0.1) is 0 Å². The first-order chi connectivity index (χ1) is 7.54. The molecule has 1 aliphatic heterocycles. The highest BCUT2D eigenvalue weighted by molar-refractivity contribution is 4.82. The number of hydrogen-bond acceptors (Lipinski definition) is 3. The van der Waals surface area contributed by atoms with Crippen LogP contribution in [0.5, 0.6) is 0 Å². The van der Waals surface area contributed by atoms with Gasteiger partial charge in [-0.3, -0.25) is 4.90 Å². The third-order valence-electron chi connectivity index (χ3n) is 3.69. The summed E-state index contributed by atoms with van der Waals surface area (Å²) in [5, 5.41) is 0. The van der Waals surface area contributed by atoms with Crippen LogP contribution >= 0.6 is 0 Å². The molecule has 3 heteroatoms. The minimum atomic E-state index is 0.647. The molecule has 2 atom stereocenters. The van der Waals surface area contributed by atoms with Crippen molar-refractivity contribution in [3.05, 3.63) is 0 Å². The van der Waals surface area contributed by atoms with Crippen molar-refractivity contribution in [2.45, 2.75) is 45.7 Å². The Morgan fingerprint density at radius 1 is 1.38 bits per heavy atom. The van der Waals surface area contributed by atoms with E-state index < -0.39 is 0 Å². The highest BCUT2D eigenvalue weighted by Gasteiger charge is 2.26. The third kappa shape index (κ3) is 4.04. The molecule has 0 aliphatic carbocycles. The standard InChI is InChI=1S/C13H29N3/c1-11(2)9-16-10-13(5-7-14)15(4)8-6-12(16)3/h11-13H,5-10,14H2,1-4H3. The Hall–Kier alpha value is -0.120. The van der Waals surface area contributed by atoms with Gasteiger partial charge in [-0.1, -0.05) is 13.8 Å². The molecule has 2 N–H and O–H groups in total. The second-order valence-corrected chi connectivity index (χ2v) is 5.70. The topological polar surface area (TPSA) is 32.5 Å². The Morgan fingerprint density at radius 3 is 2.62 bits per heavy atom. The van der Waals surface area contributed by atoms with E-state index in [0.29, 0.717) is 12.1 Å². The first-order valence-electron chi connectivity index (χ1n) is 6.69. The van der Waals surface area contributed by atoms with Gasteiger partial charge < -0.3 is 10.6 Å². The van der Waals surface area contributed by atoms with E-state index >= 15 is 0 Å². The smallest absolute Gasteiger partial charge is 0.0232 e. The molecule has 1 fully saturated rings. The molecular weight excluding hydrogens is 198 g/mol. The number of nitrogens with two attached hydrogens (primary N) is 1. The number of nitrogens with zero attached hydrogens (tertiary/aromatic N) is 2. The van der Waals surface area contributed by atoms with Gasteiger partial charge in [0.2, 0.25) is 0 Å². The van der Waals surface area contributed by atoms with Crippen LogP contribution in [0, 0.1) is 5.92 Å². The van der Waals surface area contributed by atoms with Gasteiger partial charge in [-0.15, -0.1) is 0 Å². The summed E-state index contributed by atoms with van der Waals surface area (Å²) in [6.07, 6.45) is 2.40. The summed E-state index contributed by atoms with van der Waals surface area (Å²) in [7, 11) is 2.24. The molecule has 0 aromatic heterocycles. The van der Waals surface area contributed by atoms with Crippen LogP contribution in [-0.2, 0) is 0 Å². The zero-order valence-electron chi connectivity index (χ0n) is 11.4. The minimum Gasteiger partial charge on any atom is -0.330 e. The Balaban J connectivity index is 2.60. The van der Waals surface area contributed by atoms with Crippen molar-refractivity contribution in [3.63, 3.8) is 0 Å². The Kier molecular flexibility index (Phi) is 5.73. The molecule has 1 saturated heterocycles. The molecule has 0 saturated carbocycles. The molecule has 1 aliphatic rings. The van der Waals surface area contributed by atoms with Crippen molar-refractivity contribution >= 4 is 0 Å². The quantitative estimate of drug-likeness (QED) is 0.788. The molecular formula is C13H29N3. The fourth-order valence-electron chi connectivity index (χ4n) is 2.57. The average molecular weight is 227 g/mol. The fourth-order valence-corrected chi connectivity index (χ4v) is 2.57. The van der Waals surface area contributed by atoms with Crippen LogP contribution in [0.3, 0.4) is 0 Å². The fraction of sp³-hybridized carbons (Fsp3) is 1.00. The van der Waals surface area contributed by atoms with Gasteiger partial charge in [-0.2, -0.15) is 0 Å². The predicted molar refractivity (Wildman–Crippen MR) is 70.6 cm³/mol. The summed E-state index contributed by atoms with van der Waals surface area (Å²) in [5.74, 6) is 0.754. The van der Waals surface area contributed by atoms with E-state index in [2.05, 4.69) is 37.6 Å². The van der Waals surface area contributed by atoms with Gasteiger partial charge in [-0.05, 0) is 45.8 Å². The molecule has 0 aromatic carbocycles. The molecule has 0 amide bonds. The summed E-state index contributed by atoms with van der Waals surface area (Å²) in [5.41, 5.74) is 5.71. The van der Waals surface area contributed by atoms with Crippen LogP contribution in [-0.4, -0.2) is 55.1 Å². The maximum absolute atomic E-state index is 5.71. The molecule has 1 heterocycles. The number of rotatable bonds is 4. The van der Waals surface area contributed by atoms with Gasteiger partial charge >= 0.3 is 0 Å². The van der Waals surface area contributed by atoms with Crippen LogP contribution in [0.25, 0.3) is 0 Å². The average Bonchev–Trinajstić information content (AvgIpc) is 2.33. The highest BCUT2D eigenvalue weighted by atomic mass is 15.2. The molecule has 1 rings (SSSR count). The lowest BCUT2D eigenvalue weighted by atomic mass is 10.1. The van der Waals surface area contributed by atoms with Gasteiger partial charge in [-0.25, -0.2) is 0 Å². The zero-order chi connectivity index (χ0) is 12.1. The van der Waals surface area contributed by atoms with E-state index in [-0.39, 0.29) is 0 Å². The van der Waals surface area contributed by atoms with E-state index in [1.807, 2.05) is 0 Å². The molecule has 0 radical (unpaired) electrons. The summed E-state index contributed by atoms with van der Waals surface area (Å²) in [6, 6.07) is 1.36. The van der Waals surface area contributed by atoms with Crippen molar-refractivity contribution in [2.24, 2.45) is 11.7 Å². The summed E-state index contributed by atoms with van der Waals surface area (Å²) >= 11 is 0. The Labute approximate surface area is 101 Å². The van der Waals surface area contributed by atoms with Crippen molar-refractivity contribution in [1.82, 2.24) is 9.80 Å². The molecule has 16 heavy (non-hydrogen) atoms. The number of hydrogen-bond donors (Lipinski definition) is 1. The zero-order valence-corrected chi connectivity index (χ0v) is 11.4. The van der Waals surface area contributed by atoms with Crippen molar-refractivity contribution in [1.29, 1.82) is 0 Å². The summed E-state index contributed by atoms with van der Waals surface area (Å²) in [6.45, 7) is 11.4. The second-order valence-electron chi connectivity index (χ2n) is 5.70. The lowest BCUT2D eigenvalue weighted by molar-refractivity contribution is 0.161. The van der Waals surface area contributed by atoms with E-state index in [1.165, 1.54) is 26.1 Å². The van der Waals surface area contributed by atoms with E-state index in [0.717, 1.165) is 18.9 Å². The van der Waals surface area contributed by atoms with Crippen LogP contribution in [0.15, 0.2) is 0 Å². The van der Waals surface area contributed by atoms with Crippen LogP contribution < -0.4 is 5.73 Å². The monoisotopic (exact) mass is 227 g/mol. The predicted octanol–water partition coefficient (Wildman–Crippen LogP) is 1.39. The van der Waals surface area contributed by atoms with E-state index in [1.54, 1.807) is 0 Å².